The van der Waals surface area contributed by atoms with E-state index in [2.05, 4.69) is 37.4 Å². The van der Waals surface area contributed by atoms with E-state index in [1.165, 1.54) is 43.5 Å². The van der Waals surface area contributed by atoms with Crippen molar-refractivity contribution in [3.63, 3.8) is 0 Å². The van der Waals surface area contributed by atoms with Gasteiger partial charge in [-0.2, -0.15) is 0 Å². The molecule has 1 aromatic carbocycles. The summed E-state index contributed by atoms with van der Waals surface area (Å²) in [6.07, 6.45) is 4.86. The number of hydrogen-bond donors (Lipinski definition) is 1. The minimum Gasteiger partial charge on any atom is -0.487 e. The average Bonchev–Trinajstić information content (AvgIpc) is 2.63. The number of benzene rings is 1. The quantitative estimate of drug-likeness (QED) is 0.865. The molecule has 2 aliphatic heterocycles. The van der Waals surface area contributed by atoms with Crippen LogP contribution >= 0.6 is 0 Å². The van der Waals surface area contributed by atoms with Gasteiger partial charge in [0.05, 0.1) is 0 Å². The summed E-state index contributed by atoms with van der Waals surface area (Å²) in [4.78, 5) is 0. The van der Waals surface area contributed by atoms with Crippen LogP contribution in [0.1, 0.15) is 37.8 Å². The number of piperidine rings is 1. The molecule has 1 N–H and O–H groups in total. The third-order valence-electron chi connectivity index (χ3n) is 4.12. The van der Waals surface area contributed by atoms with Crippen LogP contribution in [0.25, 0.3) is 0 Å². The first kappa shape index (κ1) is 12.0. The molecule has 1 fully saturated rings. The van der Waals surface area contributed by atoms with Crippen molar-refractivity contribution in [2.24, 2.45) is 5.92 Å². The van der Waals surface area contributed by atoms with Crippen molar-refractivity contribution in [2.75, 3.05) is 13.1 Å². The third kappa shape index (κ3) is 2.54. The highest BCUT2D eigenvalue weighted by Gasteiger charge is 2.30. The Hall–Kier alpha value is -1.02. The zero-order valence-electron chi connectivity index (χ0n) is 11.5. The summed E-state index contributed by atoms with van der Waals surface area (Å²) in [6, 6.07) is 6.83. The van der Waals surface area contributed by atoms with Crippen molar-refractivity contribution in [1.29, 1.82) is 0 Å². The van der Waals surface area contributed by atoms with Crippen LogP contribution < -0.4 is 10.1 Å². The molecule has 3 rings (SSSR count). The highest BCUT2D eigenvalue weighted by molar-refractivity contribution is 5.42. The molecule has 1 aromatic rings. The first-order chi connectivity index (χ1) is 8.62. The van der Waals surface area contributed by atoms with E-state index in [-0.39, 0.29) is 5.60 Å². The fourth-order valence-electron chi connectivity index (χ4n) is 3.18. The van der Waals surface area contributed by atoms with Crippen LogP contribution in [-0.4, -0.2) is 18.7 Å². The largest absolute Gasteiger partial charge is 0.487 e. The van der Waals surface area contributed by atoms with E-state index in [4.69, 9.17) is 4.74 Å². The van der Waals surface area contributed by atoms with E-state index in [0.29, 0.717) is 0 Å². The van der Waals surface area contributed by atoms with Gasteiger partial charge in [0.25, 0.3) is 0 Å². The topological polar surface area (TPSA) is 21.3 Å². The van der Waals surface area contributed by atoms with E-state index < -0.39 is 0 Å². The molecule has 0 bridgehead atoms. The molecule has 2 aliphatic rings. The molecule has 0 saturated carbocycles. The number of fused-ring (bicyclic) bond motifs is 1. The highest BCUT2D eigenvalue weighted by atomic mass is 16.5. The van der Waals surface area contributed by atoms with Crippen LogP contribution in [0.4, 0.5) is 0 Å². The predicted molar refractivity (Wildman–Crippen MR) is 74.2 cm³/mol. The van der Waals surface area contributed by atoms with Gasteiger partial charge in [0, 0.05) is 6.42 Å². The fraction of sp³-hybridized carbons (Fsp3) is 0.625. The maximum absolute atomic E-state index is 6.01. The van der Waals surface area contributed by atoms with Gasteiger partial charge in [-0.1, -0.05) is 12.1 Å². The number of rotatable bonds is 2. The van der Waals surface area contributed by atoms with Crippen LogP contribution in [0.15, 0.2) is 18.2 Å². The summed E-state index contributed by atoms with van der Waals surface area (Å²) < 4.78 is 6.01. The Morgan fingerprint density at radius 2 is 2.06 bits per heavy atom. The van der Waals surface area contributed by atoms with Gasteiger partial charge in [-0.05, 0) is 69.3 Å². The summed E-state index contributed by atoms with van der Waals surface area (Å²) in [6.45, 7) is 6.69. The van der Waals surface area contributed by atoms with Gasteiger partial charge in [0.1, 0.15) is 11.4 Å². The molecule has 0 atom stereocenters. The average molecular weight is 245 g/mol. The summed E-state index contributed by atoms with van der Waals surface area (Å²) in [7, 11) is 0. The Balaban J connectivity index is 1.71. The molecular weight excluding hydrogens is 222 g/mol. The minimum atomic E-state index is -0.0181. The Kier molecular flexibility index (Phi) is 3.06. The predicted octanol–water partition coefficient (Wildman–Crippen LogP) is 2.94. The molecule has 0 aromatic heterocycles. The Morgan fingerprint density at radius 3 is 2.83 bits per heavy atom. The monoisotopic (exact) mass is 245 g/mol. The summed E-state index contributed by atoms with van der Waals surface area (Å²) >= 11 is 0. The lowest BCUT2D eigenvalue weighted by atomic mass is 9.90. The van der Waals surface area contributed by atoms with Gasteiger partial charge in [-0.3, -0.25) is 0 Å². The molecule has 1 saturated heterocycles. The van der Waals surface area contributed by atoms with Crippen molar-refractivity contribution in [3.05, 3.63) is 29.3 Å². The Labute approximate surface area is 110 Å². The van der Waals surface area contributed by atoms with Gasteiger partial charge in [-0.15, -0.1) is 0 Å². The lowest BCUT2D eigenvalue weighted by Crippen LogP contribution is -2.28. The first-order valence-corrected chi connectivity index (χ1v) is 7.14. The standard InChI is InChI=1S/C16H23NO/c1-16(2)11-14-4-3-13(10-15(14)18-16)9-12-5-7-17-8-6-12/h3-4,10,12,17H,5-9,11H2,1-2H3. The molecule has 0 amide bonds. The second kappa shape index (κ2) is 4.58. The van der Waals surface area contributed by atoms with Crippen LogP contribution in [0.5, 0.6) is 5.75 Å². The molecule has 0 aliphatic carbocycles. The second-order valence-electron chi connectivity index (χ2n) is 6.38. The van der Waals surface area contributed by atoms with Gasteiger partial charge >= 0.3 is 0 Å². The molecule has 0 unspecified atom stereocenters. The summed E-state index contributed by atoms with van der Waals surface area (Å²) in [5.41, 5.74) is 2.79. The number of nitrogens with one attached hydrogen (secondary N) is 1. The number of ether oxygens (including phenoxy) is 1. The first-order valence-electron chi connectivity index (χ1n) is 7.14. The van der Waals surface area contributed by atoms with Crippen molar-refractivity contribution in [3.8, 4) is 5.75 Å². The molecule has 2 nitrogen and oxygen atoms in total. The van der Waals surface area contributed by atoms with Gasteiger partial charge in [0.2, 0.25) is 0 Å². The normalized spacial score (nSPS) is 22.6. The second-order valence-corrected chi connectivity index (χ2v) is 6.38. The molecule has 0 radical (unpaired) electrons. The van der Waals surface area contributed by atoms with Crippen LogP contribution in [-0.2, 0) is 12.8 Å². The van der Waals surface area contributed by atoms with Crippen molar-refractivity contribution >= 4 is 0 Å². The lowest BCUT2D eigenvalue weighted by Gasteiger charge is -2.22. The zero-order valence-corrected chi connectivity index (χ0v) is 11.5. The van der Waals surface area contributed by atoms with Crippen molar-refractivity contribution in [1.82, 2.24) is 5.32 Å². The van der Waals surface area contributed by atoms with E-state index in [9.17, 15) is 0 Å². The highest BCUT2D eigenvalue weighted by Crippen LogP contribution is 2.36. The smallest absolute Gasteiger partial charge is 0.123 e. The lowest BCUT2D eigenvalue weighted by molar-refractivity contribution is 0.138. The molecular formula is C16H23NO. The SMILES string of the molecule is CC1(C)Cc2ccc(CC3CCNCC3)cc2O1. The number of hydrogen-bond acceptors (Lipinski definition) is 2. The van der Waals surface area contributed by atoms with Gasteiger partial charge < -0.3 is 10.1 Å². The third-order valence-corrected chi connectivity index (χ3v) is 4.12. The minimum absolute atomic E-state index is 0.0181. The van der Waals surface area contributed by atoms with Crippen LogP contribution in [0.2, 0.25) is 0 Å². The fourth-order valence-corrected chi connectivity index (χ4v) is 3.18. The van der Waals surface area contributed by atoms with Crippen LogP contribution in [0.3, 0.4) is 0 Å². The Morgan fingerprint density at radius 1 is 1.28 bits per heavy atom. The van der Waals surface area contributed by atoms with Crippen LogP contribution in [0, 0.1) is 5.92 Å². The molecule has 0 spiro atoms. The van der Waals surface area contributed by atoms with E-state index in [0.717, 1.165) is 18.1 Å². The summed E-state index contributed by atoms with van der Waals surface area (Å²) in [5.74, 6) is 1.96. The van der Waals surface area contributed by atoms with Crippen molar-refractivity contribution in [2.45, 2.75) is 45.1 Å². The van der Waals surface area contributed by atoms with E-state index >= 15 is 0 Å². The molecule has 2 heterocycles. The van der Waals surface area contributed by atoms with E-state index in [1.807, 2.05) is 0 Å². The van der Waals surface area contributed by atoms with Gasteiger partial charge in [0.15, 0.2) is 0 Å². The molecule has 18 heavy (non-hydrogen) atoms. The van der Waals surface area contributed by atoms with E-state index in [1.54, 1.807) is 0 Å². The van der Waals surface area contributed by atoms with Crippen molar-refractivity contribution < 1.29 is 4.74 Å². The van der Waals surface area contributed by atoms with Gasteiger partial charge in [-0.25, -0.2) is 0 Å². The molecule has 98 valence electrons. The zero-order chi connectivity index (χ0) is 12.6. The maximum Gasteiger partial charge on any atom is 0.123 e. The Bertz CT molecular complexity index is 433. The maximum atomic E-state index is 6.01. The molecule has 2 heteroatoms. The summed E-state index contributed by atoms with van der Waals surface area (Å²) in [5, 5.41) is 3.43.